The number of aromatic nitrogens is 2. The second-order valence-corrected chi connectivity index (χ2v) is 10.6. The molecule has 31 heavy (non-hydrogen) atoms. The van der Waals surface area contributed by atoms with E-state index in [1.807, 2.05) is 0 Å². The molecule has 0 spiro atoms. The van der Waals surface area contributed by atoms with Crippen LogP contribution in [0.25, 0.3) is 10.9 Å². The zero-order chi connectivity index (χ0) is 22.5. The fourth-order valence-electron chi connectivity index (χ4n) is 2.99. The Balaban J connectivity index is 1.93. The van der Waals surface area contributed by atoms with Gasteiger partial charge in [-0.2, -0.15) is 8.42 Å². The van der Waals surface area contributed by atoms with Crippen LogP contribution in [0, 0.1) is 0 Å². The molecule has 2 aromatic heterocycles. The monoisotopic (exact) mass is 464 g/mol. The molecule has 0 fully saturated rings. The smallest absolute Gasteiger partial charge is 0.313 e. The van der Waals surface area contributed by atoms with E-state index in [0.29, 0.717) is 30.3 Å². The number of hydrogen-bond donors (Lipinski definition) is 1. The van der Waals surface area contributed by atoms with Gasteiger partial charge in [0.25, 0.3) is 0 Å². The molecule has 0 amide bonds. The number of fused-ring (bicyclic) bond motifs is 1. The molecule has 0 unspecified atom stereocenters. The highest BCUT2D eigenvalue weighted by Crippen LogP contribution is 2.31. The van der Waals surface area contributed by atoms with Crippen molar-refractivity contribution in [1.29, 1.82) is 0 Å². The molecule has 0 aliphatic carbocycles. The molecule has 11 heteroatoms. The second-order valence-electron chi connectivity index (χ2n) is 6.90. The fourth-order valence-corrected chi connectivity index (χ4v) is 5.29. The van der Waals surface area contributed by atoms with Crippen LogP contribution >= 0.6 is 0 Å². The molecule has 9 nitrogen and oxygen atoms in total. The second kappa shape index (κ2) is 9.58. The highest BCUT2D eigenvalue weighted by molar-refractivity contribution is 7.92. The van der Waals surface area contributed by atoms with Crippen LogP contribution in [0.15, 0.2) is 54.9 Å². The van der Waals surface area contributed by atoms with Crippen molar-refractivity contribution in [3.8, 4) is 5.75 Å². The van der Waals surface area contributed by atoms with Crippen molar-refractivity contribution in [2.75, 3.05) is 23.7 Å². The molecule has 1 aromatic carbocycles. The van der Waals surface area contributed by atoms with Crippen molar-refractivity contribution >= 4 is 36.9 Å². The molecule has 0 aliphatic rings. The molecular weight excluding hydrogens is 440 g/mol. The summed E-state index contributed by atoms with van der Waals surface area (Å²) in [6.07, 6.45) is 3.67. The lowest BCUT2D eigenvalue weighted by Crippen LogP contribution is -2.30. The number of unbranched alkanes of at least 4 members (excludes halogenated alkanes) is 1. The predicted octanol–water partition coefficient (Wildman–Crippen LogP) is 2.04. The molecule has 0 radical (unpaired) electrons. The Morgan fingerprint density at radius 2 is 1.74 bits per heavy atom. The Kier molecular flexibility index (Phi) is 7.08. The standard InChI is InChI=1S/C20H24N4O5S2/c1-24(30(25,26)13-6-5-11-21)20-17-10-7-12-22-19(17)18(14-23-20)29-31(27,28)15-16-8-3-2-4-9-16/h2-4,7-10,12,14H,5-6,11,13,15,21H2,1H3. The van der Waals surface area contributed by atoms with Crippen molar-refractivity contribution in [2.24, 2.45) is 5.73 Å². The van der Waals surface area contributed by atoms with E-state index in [-0.39, 0.29) is 28.6 Å². The van der Waals surface area contributed by atoms with E-state index in [0.717, 1.165) is 4.31 Å². The minimum absolute atomic E-state index is 0.0655. The predicted molar refractivity (Wildman–Crippen MR) is 120 cm³/mol. The van der Waals surface area contributed by atoms with Gasteiger partial charge in [0, 0.05) is 18.6 Å². The number of pyridine rings is 2. The molecule has 0 saturated heterocycles. The average molecular weight is 465 g/mol. The van der Waals surface area contributed by atoms with Crippen LogP contribution in [-0.2, 0) is 25.9 Å². The molecule has 2 heterocycles. The van der Waals surface area contributed by atoms with Gasteiger partial charge in [0.05, 0.1) is 11.9 Å². The Morgan fingerprint density at radius 1 is 1.00 bits per heavy atom. The van der Waals surface area contributed by atoms with Gasteiger partial charge in [-0.25, -0.2) is 13.4 Å². The van der Waals surface area contributed by atoms with E-state index >= 15 is 0 Å². The molecule has 0 bridgehead atoms. The van der Waals surface area contributed by atoms with Crippen LogP contribution in [0.1, 0.15) is 18.4 Å². The maximum Gasteiger partial charge on any atom is 0.313 e. The summed E-state index contributed by atoms with van der Waals surface area (Å²) in [7, 11) is -6.21. The first-order chi connectivity index (χ1) is 14.7. The van der Waals surface area contributed by atoms with Crippen LogP contribution in [0.2, 0.25) is 0 Å². The van der Waals surface area contributed by atoms with Crippen LogP contribution in [0.5, 0.6) is 5.75 Å². The van der Waals surface area contributed by atoms with Gasteiger partial charge in [-0.1, -0.05) is 30.3 Å². The molecule has 3 aromatic rings. The Morgan fingerprint density at radius 3 is 2.45 bits per heavy atom. The molecule has 0 aliphatic heterocycles. The van der Waals surface area contributed by atoms with Crippen molar-refractivity contribution in [3.05, 3.63) is 60.4 Å². The summed E-state index contributed by atoms with van der Waals surface area (Å²) in [5, 5.41) is 0.361. The lowest BCUT2D eigenvalue weighted by molar-refractivity contribution is 0.486. The van der Waals surface area contributed by atoms with Crippen LogP contribution in [0.4, 0.5) is 5.82 Å². The van der Waals surface area contributed by atoms with Crippen LogP contribution in [0.3, 0.4) is 0 Å². The average Bonchev–Trinajstić information content (AvgIpc) is 2.74. The molecule has 166 valence electrons. The third-order valence-corrected chi connectivity index (χ3v) is 7.49. The van der Waals surface area contributed by atoms with Gasteiger partial charge in [0.1, 0.15) is 11.3 Å². The first kappa shape index (κ1) is 22.9. The lowest BCUT2D eigenvalue weighted by Gasteiger charge is -2.20. The SMILES string of the molecule is CN(c1ncc(OS(=O)(=O)Cc2ccccc2)c2ncccc12)S(=O)(=O)CCCCN. The van der Waals surface area contributed by atoms with E-state index in [2.05, 4.69) is 9.97 Å². The third kappa shape index (κ3) is 5.69. The summed E-state index contributed by atoms with van der Waals surface area (Å²) >= 11 is 0. The molecule has 0 saturated carbocycles. The van der Waals surface area contributed by atoms with Crippen molar-refractivity contribution in [3.63, 3.8) is 0 Å². The van der Waals surface area contributed by atoms with Crippen LogP contribution in [-0.4, -0.2) is 46.1 Å². The summed E-state index contributed by atoms with van der Waals surface area (Å²) in [5.41, 5.74) is 6.22. The normalized spacial score (nSPS) is 12.1. The largest absolute Gasteiger partial charge is 0.378 e. The van der Waals surface area contributed by atoms with Crippen molar-refractivity contribution in [2.45, 2.75) is 18.6 Å². The summed E-state index contributed by atoms with van der Waals surface area (Å²) in [6, 6.07) is 11.9. The molecule has 2 N–H and O–H groups in total. The van der Waals surface area contributed by atoms with E-state index in [4.69, 9.17) is 9.92 Å². The minimum Gasteiger partial charge on any atom is -0.378 e. The fraction of sp³-hybridized carbons (Fsp3) is 0.300. The zero-order valence-corrected chi connectivity index (χ0v) is 18.6. The van der Waals surface area contributed by atoms with E-state index in [9.17, 15) is 16.8 Å². The van der Waals surface area contributed by atoms with Gasteiger partial charge in [-0.15, -0.1) is 0 Å². The molecular formula is C20H24N4O5S2. The van der Waals surface area contributed by atoms with Crippen LogP contribution < -0.4 is 14.2 Å². The lowest BCUT2D eigenvalue weighted by atomic mass is 10.2. The van der Waals surface area contributed by atoms with Gasteiger partial charge in [-0.05, 0) is 37.1 Å². The summed E-state index contributed by atoms with van der Waals surface area (Å²) < 4.78 is 56.8. The highest BCUT2D eigenvalue weighted by Gasteiger charge is 2.24. The van der Waals surface area contributed by atoms with E-state index in [1.165, 1.54) is 19.4 Å². The summed E-state index contributed by atoms with van der Waals surface area (Å²) in [5.74, 6) is -0.319. The van der Waals surface area contributed by atoms with Crippen molar-refractivity contribution < 1.29 is 21.0 Å². The maximum absolute atomic E-state index is 12.7. The number of nitrogens with zero attached hydrogens (tertiary/aromatic N) is 3. The first-order valence-electron chi connectivity index (χ1n) is 9.60. The maximum atomic E-state index is 12.7. The number of anilines is 1. The number of rotatable bonds is 10. The van der Waals surface area contributed by atoms with E-state index < -0.39 is 20.1 Å². The zero-order valence-electron chi connectivity index (χ0n) is 17.0. The Bertz CT molecular complexity index is 1250. The van der Waals surface area contributed by atoms with Gasteiger partial charge in [0.15, 0.2) is 11.6 Å². The highest BCUT2D eigenvalue weighted by atomic mass is 32.2. The topological polar surface area (TPSA) is 133 Å². The first-order valence-corrected chi connectivity index (χ1v) is 12.8. The van der Waals surface area contributed by atoms with Gasteiger partial charge in [0.2, 0.25) is 10.0 Å². The Labute approximate surface area is 182 Å². The third-order valence-electron chi connectivity index (χ3n) is 4.56. The summed E-state index contributed by atoms with van der Waals surface area (Å²) in [4.78, 5) is 8.39. The molecule has 0 atom stereocenters. The van der Waals surface area contributed by atoms with Gasteiger partial charge >= 0.3 is 10.1 Å². The van der Waals surface area contributed by atoms with Crippen molar-refractivity contribution in [1.82, 2.24) is 9.97 Å². The number of hydrogen-bond acceptors (Lipinski definition) is 8. The van der Waals surface area contributed by atoms with Gasteiger partial charge in [-0.3, -0.25) is 9.29 Å². The van der Waals surface area contributed by atoms with Gasteiger partial charge < -0.3 is 9.92 Å². The number of benzene rings is 1. The Hall–Kier alpha value is -2.76. The number of nitrogens with two attached hydrogens (primary N) is 1. The quantitative estimate of drug-likeness (QED) is 0.356. The van der Waals surface area contributed by atoms with E-state index in [1.54, 1.807) is 42.5 Å². The summed E-state index contributed by atoms with van der Waals surface area (Å²) in [6.45, 7) is 0.411. The number of sulfonamides is 1. The minimum atomic E-state index is -3.98. The molecule has 3 rings (SSSR count).